The summed E-state index contributed by atoms with van der Waals surface area (Å²) in [7, 11) is 0. The molecule has 1 saturated heterocycles. The van der Waals surface area contributed by atoms with E-state index < -0.39 is 17.5 Å². The summed E-state index contributed by atoms with van der Waals surface area (Å²) in [4.78, 5) is 29.1. The summed E-state index contributed by atoms with van der Waals surface area (Å²) in [6, 6.07) is 9.35. The Morgan fingerprint density at radius 3 is 2.70 bits per heavy atom. The molecule has 3 heterocycles. The van der Waals surface area contributed by atoms with Crippen molar-refractivity contribution < 1.29 is 18.7 Å². The molecule has 0 atom stereocenters. The Morgan fingerprint density at radius 1 is 1.30 bits per heavy atom. The maximum Gasteiger partial charge on any atom is 0.310 e. The number of benzene rings is 1. The van der Waals surface area contributed by atoms with Gasteiger partial charge in [0.1, 0.15) is 5.82 Å². The first kappa shape index (κ1) is 22.3. The average molecular weight is 451 g/mol. The molecule has 11 heteroatoms. The quantitative estimate of drug-likeness (QED) is 0.482. The number of aromatic nitrogens is 4. The Labute approximate surface area is 189 Å². The zero-order chi connectivity index (χ0) is 23.4. The second kappa shape index (κ2) is 9.32. The van der Waals surface area contributed by atoms with Gasteiger partial charge >= 0.3 is 5.79 Å². The summed E-state index contributed by atoms with van der Waals surface area (Å²) in [5, 5.41) is 11.5. The van der Waals surface area contributed by atoms with Gasteiger partial charge in [0, 0.05) is 24.2 Å². The average Bonchev–Trinajstić information content (AvgIpc) is 3.26. The fourth-order valence-corrected chi connectivity index (χ4v) is 3.38. The van der Waals surface area contributed by atoms with Crippen LogP contribution in [0.2, 0.25) is 0 Å². The lowest BCUT2D eigenvalue weighted by Crippen LogP contribution is -2.53. The maximum absolute atomic E-state index is 13.5. The molecule has 170 valence electrons. The van der Waals surface area contributed by atoms with Crippen LogP contribution in [0.15, 0.2) is 36.5 Å². The van der Waals surface area contributed by atoms with Crippen molar-refractivity contribution in [2.45, 2.75) is 19.1 Å². The Hall–Kier alpha value is -3.88. The van der Waals surface area contributed by atoms with Crippen LogP contribution in [0.1, 0.15) is 19.2 Å². The molecule has 1 aromatic carbocycles. The molecule has 2 aromatic heterocycles. The molecule has 0 saturated carbocycles. The van der Waals surface area contributed by atoms with E-state index in [2.05, 4.69) is 25.3 Å². The number of hydrogen-bond donors (Lipinski definition) is 3. The standard InChI is InChI=1S/C22H22FN7O3/c1-13-11-32-22(33-12-13,20(31)26-9-2-8-24)19-29-17(14-3-5-15(23)6-4-14)18(30-19)16-7-10-27-21(25)28-16/h3-7,10,13H,2,9,11-12H2,1H3,(H,26,31)(H,29,30)(H2,25,27,28). The molecular weight excluding hydrogens is 429 g/mol. The highest BCUT2D eigenvalue weighted by molar-refractivity contribution is 5.86. The number of rotatable bonds is 6. The number of nitrogens with zero attached hydrogens (tertiary/aromatic N) is 4. The lowest BCUT2D eigenvalue weighted by atomic mass is 10.1. The van der Waals surface area contributed by atoms with Gasteiger partial charge in [0.25, 0.3) is 5.91 Å². The molecule has 0 unspecified atom stereocenters. The third-order valence-corrected chi connectivity index (χ3v) is 5.03. The minimum absolute atomic E-state index is 0.0525. The van der Waals surface area contributed by atoms with Crippen LogP contribution in [0, 0.1) is 23.1 Å². The summed E-state index contributed by atoms with van der Waals surface area (Å²) < 4.78 is 25.4. The molecule has 3 aromatic rings. The van der Waals surface area contributed by atoms with Crippen molar-refractivity contribution in [2.75, 3.05) is 25.5 Å². The van der Waals surface area contributed by atoms with Crippen molar-refractivity contribution in [3.63, 3.8) is 0 Å². The monoisotopic (exact) mass is 451 g/mol. The molecule has 0 bridgehead atoms. The van der Waals surface area contributed by atoms with Crippen LogP contribution in [0.3, 0.4) is 0 Å². The summed E-state index contributed by atoms with van der Waals surface area (Å²) >= 11 is 0. The highest BCUT2D eigenvalue weighted by atomic mass is 19.1. The van der Waals surface area contributed by atoms with Gasteiger partial charge in [-0.3, -0.25) is 4.79 Å². The summed E-state index contributed by atoms with van der Waals surface area (Å²) in [6.07, 6.45) is 1.62. The van der Waals surface area contributed by atoms with Crippen LogP contribution in [0.5, 0.6) is 0 Å². The van der Waals surface area contributed by atoms with Gasteiger partial charge < -0.3 is 25.5 Å². The highest BCUT2D eigenvalue weighted by Crippen LogP contribution is 2.36. The van der Waals surface area contributed by atoms with Crippen LogP contribution in [0.25, 0.3) is 22.6 Å². The van der Waals surface area contributed by atoms with E-state index in [1.165, 1.54) is 18.3 Å². The number of amides is 1. The first-order valence-corrected chi connectivity index (χ1v) is 10.3. The number of nitrogens with one attached hydrogen (secondary N) is 2. The molecule has 4 rings (SSSR count). The second-order valence-corrected chi connectivity index (χ2v) is 7.62. The summed E-state index contributed by atoms with van der Waals surface area (Å²) in [6.45, 7) is 2.57. The molecule has 1 aliphatic heterocycles. The van der Waals surface area contributed by atoms with Gasteiger partial charge in [0.2, 0.25) is 5.95 Å². The van der Waals surface area contributed by atoms with E-state index in [1.54, 1.807) is 18.2 Å². The van der Waals surface area contributed by atoms with Crippen molar-refractivity contribution in [2.24, 2.45) is 5.92 Å². The predicted octanol–water partition coefficient (Wildman–Crippen LogP) is 2.12. The molecule has 0 radical (unpaired) electrons. The SMILES string of the molecule is CC1COC(C(=O)NCCC#N)(c2nc(-c3ccc(F)cc3)c(-c3ccnc(N)n3)[nH]2)OC1. The van der Waals surface area contributed by atoms with Crippen LogP contribution >= 0.6 is 0 Å². The van der Waals surface area contributed by atoms with Gasteiger partial charge in [-0.05, 0) is 30.3 Å². The summed E-state index contributed by atoms with van der Waals surface area (Å²) in [5.74, 6) is -2.63. The van der Waals surface area contributed by atoms with Crippen LogP contribution in [-0.4, -0.2) is 45.6 Å². The molecule has 0 spiro atoms. The van der Waals surface area contributed by atoms with E-state index in [0.29, 0.717) is 22.6 Å². The van der Waals surface area contributed by atoms with Crippen molar-refractivity contribution in [3.05, 3.63) is 48.2 Å². The molecule has 0 aliphatic carbocycles. The van der Waals surface area contributed by atoms with Crippen molar-refractivity contribution in [3.8, 4) is 28.7 Å². The number of H-pyrrole nitrogens is 1. The second-order valence-electron chi connectivity index (χ2n) is 7.62. The molecule has 1 aliphatic rings. The molecule has 1 amide bonds. The van der Waals surface area contributed by atoms with Crippen molar-refractivity contribution in [1.29, 1.82) is 5.26 Å². The van der Waals surface area contributed by atoms with Crippen LogP contribution < -0.4 is 11.1 Å². The third-order valence-electron chi connectivity index (χ3n) is 5.03. The van der Waals surface area contributed by atoms with Gasteiger partial charge in [-0.15, -0.1) is 0 Å². The Kier molecular flexibility index (Phi) is 6.30. The zero-order valence-electron chi connectivity index (χ0n) is 17.8. The molecule has 4 N–H and O–H groups in total. The minimum atomic E-state index is -1.85. The van der Waals surface area contributed by atoms with E-state index in [4.69, 9.17) is 20.5 Å². The minimum Gasteiger partial charge on any atom is -0.368 e. The lowest BCUT2D eigenvalue weighted by molar-refractivity contribution is -0.277. The fourth-order valence-electron chi connectivity index (χ4n) is 3.38. The van der Waals surface area contributed by atoms with Gasteiger partial charge in [-0.1, -0.05) is 6.92 Å². The number of nitrogens with two attached hydrogens (primary N) is 1. The number of ether oxygens (including phenoxy) is 2. The zero-order valence-corrected chi connectivity index (χ0v) is 17.8. The van der Waals surface area contributed by atoms with E-state index in [0.717, 1.165) is 0 Å². The number of hydrogen-bond acceptors (Lipinski definition) is 8. The molecule has 10 nitrogen and oxygen atoms in total. The normalized spacial score (nSPS) is 20.2. The van der Waals surface area contributed by atoms with Crippen molar-refractivity contribution >= 4 is 11.9 Å². The van der Waals surface area contributed by atoms with E-state index in [9.17, 15) is 9.18 Å². The first-order chi connectivity index (χ1) is 15.9. The number of nitrogen functional groups attached to an aromatic ring is 1. The van der Waals surface area contributed by atoms with E-state index in [-0.39, 0.29) is 43.9 Å². The summed E-state index contributed by atoms with van der Waals surface area (Å²) in [5.41, 5.74) is 7.60. The molecule has 33 heavy (non-hydrogen) atoms. The Balaban J connectivity index is 1.84. The topological polar surface area (TPSA) is 152 Å². The number of anilines is 1. The number of imidazole rings is 1. The van der Waals surface area contributed by atoms with Gasteiger partial charge in [-0.2, -0.15) is 5.26 Å². The van der Waals surface area contributed by atoms with Gasteiger partial charge in [0.05, 0.1) is 42.8 Å². The van der Waals surface area contributed by atoms with Gasteiger partial charge in [0.15, 0.2) is 5.82 Å². The van der Waals surface area contributed by atoms with E-state index in [1.807, 2.05) is 13.0 Å². The number of nitriles is 1. The third kappa shape index (κ3) is 4.52. The maximum atomic E-state index is 13.5. The predicted molar refractivity (Wildman–Crippen MR) is 115 cm³/mol. The number of halogens is 1. The molecule has 1 fully saturated rings. The number of carbonyl (C=O) groups excluding carboxylic acids is 1. The number of carbonyl (C=O) groups is 1. The van der Waals surface area contributed by atoms with Crippen LogP contribution in [-0.2, 0) is 20.1 Å². The largest absolute Gasteiger partial charge is 0.368 e. The highest BCUT2D eigenvalue weighted by Gasteiger charge is 2.49. The van der Waals surface area contributed by atoms with E-state index >= 15 is 0 Å². The molecular formula is C22H22FN7O3. The smallest absolute Gasteiger partial charge is 0.310 e. The number of aromatic amines is 1. The Bertz CT molecular complexity index is 1180. The lowest BCUT2D eigenvalue weighted by Gasteiger charge is -2.36. The first-order valence-electron chi connectivity index (χ1n) is 10.3. The van der Waals surface area contributed by atoms with Crippen LogP contribution in [0.4, 0.5) is 10.3 Å². The fraction of sp³-hybridized carbons (Fsp3) is 0.318. The van der Waals surface area contributed by atoms with Gasteiger partial charge in [-0.25, -0.2) is 19.3 Å². The van der Waals surface area contributed by atoms with Crippen molar-refractivity contribution in [1.82, 2.24) is 25.3 Å². The Morgan fingerprint density at radius 2 is 2.03 bits per heavy atom.